The van der Waals surface area contributed by atoms with E-state index in [1.54, 1.807) is 38.1 Å². The van der Waals surface area contributed by atoms with E-state index < -0.39 is 0 Å². The van der Waals surface area contributed by atoms with Crippen molar-refractivity contribution in [1.82, 2.24) is 0 Å². The second-order valence-electron chi connectivity index (χ2n) is 3.55. The van der Waals surface area contributed by atoms with E-state index in [1.165, 1.54) is 0 Å². The first-order valence-electron chi connectivity index (χ1n) is 5.54. The Kier molecular flexibility index (Phi) is 5.09. The normalized spacial score (nSPS) is 11.2. The number of hydrogen-bond donors (Lipinski definition) is 1. The maximum absolute atomic E-state index is 11.4. The molecule has 90 valence electrons. The third-order valence-electron chi connectivity index (χ3n) is 2.29. The molecule has 1 aromatic rings. The molecule has 0 radical (unpaired) electrons. The number of esters is 1. The predicted octanol–water partition coefficient (Wildman–Crippen LogP) is 2.45. The van der Waals surface area contributed by atoms with Crippen LogP contribution in [0.15, 0.2) is 24.3 Å². The zero-order valence-corrected chi connectivity index (χ0v) is 10.1. The topological polar surface area (TPSA) is 46.5 Å². The molecule has 0 spiro atoms. The van der Waals surface area contributed by atoms with Gasteiger partial charge < -0.3 is 9.84 Å². The Labute approximate surface area is 101 Å². The molecule has 1 N–H and O–H groups in total. The molecule has 0 unspecified atom stereocenters. The molecule has 17 heavy (non-hydrogen) atoms. The number of phenols is 1. The van der Waals surface area contributed by atoms with Crippen molar-refractivity contribution in [3.05, 3.63) is 29.8 Å². The molecule has 0 bridgehead atoms. The van der Waals surface area contributed by atoms with Crippen molar-refractivity contribution in [3.63, 3.8) is 0 Å². The van der Waals surface area contributed by atoms with Gasteiger partial charge in [-0.25, -0.2) is 0 Å². The minimum atomic E-state index is -0.256. The van der Waals surface area contributed by atoms with E-state index in [2.05, 4.69) is 11.8 Å². The van der Waals surface area contributed by atoms with Gasteiger partial charge in [-0.15, -0.1) is 5.92 Å². The summed E-state index contributed by atoms with van der Waals surface area (Å²) in [6.45, 7) is 3.89. The van der Waals surface area contributed by atoms with E-state index in [4.69, 9.17) is 4.74 Å². The van der Waals surface area contributed by atoms with Crippen LogP contribution < -0.4 is 0 Å². The highest BCUT2D eigenvalue weighted by atomic mass is 16.5. The Morgan fingerprint density at radius 2 is 2.06 bits per heavy atom. The standard InChI is InChI=1S/C14H16O3/c1-3-5-12(10-14(16)17-4-2)11-6-8-13(15)9-7-11/h6-9,12,15H,4,10H2,1-2H3/t12-/m1/s1. The van der Waals surface area contributed by atoms with Gasteiger partial charge in [-0.1, -0.05) is 18.1 Å². The highest BCUT2D eigenvalue weighted by Gasteiger charge is 2.14. The van der Waals surface area contributed by atoms with Crippen LogP contribution in [0.4, 0.5) is 0 Å². The Bertz CT molecular complexity index is 423. The summed E-state index contributed by atoms with van der Waals surface area (Å²) < 4.78 is 4.91. The summed E-state index contributed by atoms with van der Waals surface area (Å²) in [5.74, 6) is 5.55. The van der Waals surface area contributed by atoms with Crippen LogP contribution >= 0.6 is 0 Å². The minimum absolute atomic E-state index is 0.181. The summed E-state index contributed by atoms with van der Waals surface area (Å²) in [4.78, 5) is 11.4. The van der Waals surface area contributed by atoms with Gasteiger partial charge in [0.2, 0.25) is 0 Å². The first kappa shape index (κ1) is 13.1. The molecule has 0 aromatic heterocycles. The van der Waals surface area contributed by atoms with Crippen molar-refractivity contribution < 1.29 is 14.6 Å². The average Bonchev–Trinajstić information content (AvgIpc) is 2.30. The number of aromatic hydroxyl groups is 1. The average molecular weight is 232 g/mol. The number of ether oxygens (including phenoxy) is 1. The van der Waals surface area contributed by atoms with Gasteiger partial charge in [-0.2, -0.15) is 0 Å². The largest absolute Gasteiger partial charge is 0.508 e. The highest BCUT2D eigenvalue weighted by molar-refractivity contribution is 5.71. The molecular formula is C14H16O3. The van der Waals surface area contributed by atoms with Gasteiger partial charge in [0.1, 0.15) is 5.75 Å². The van der Waals surface area contributed by atoms with Gasteiger partial charge in [-0.05, 0) is 31.5 Å². The number of benzene rings is 1. The van der Waals surface area contributed by atoms with E-state index in [9.17, 15) is 9.90 Å². The van der Waals surface area contributed by atoms with E-state index in [0.717, 1.165) is 5.56 Å². The number of rotatable bonds is 4. The van der Waals surface area contributed by atoms with Crippen molar-refractivity contribution in [2.45, 2.75) is 26.2 Å². The molecule has 0 amide bonds. The van der Waals surface area contributed by atoms with Crippen LogP contribution in [-0.4, -0.2) is 17.7 Å². The molecule has 3 nitrogen and oxygen atoms in total. The number of hydrogen-bond acceptors (Lipinski definition) is 3. The lowest BCUT2D eigenvalue weighted by Gasteiger charge is -2.10. The highest BCUT2D eigenvalue weighted by Crippen LogP contribution is 2.21. The Morgan fingerprint density at radius 3 is 2.59 bits per heavy atom. The van der Waals surface area contributed by atoms with Crippen LogP contribution in [0, 0.1) is 11.8 Å². The smallest absolute Gasteiger partial charge is 0.307 e. The second kappa shape index (κ2) is 6.59. The molecule has 0 heterocycles. The quantitative estimate of drug-likeness (QED) is 0.640. The molecule has 1 rings (SSSR count). The Morgan fingerprint density at radius 1 is 1.41 bits per heavy atom. The van der Waals surface area contributed by atoms with E-state index >= 15 is 0 Å². The summed E-state index contributed by atoms with van der Waals surface area (Å²) in [5.41, 5.74) is 0.908. The van der Waals surface area contributed by atoms with Gasteiger partial charge in [0.25, 0.3) is 0 Å². The molecule has 1 aromatic carbocycles. The van der Waals surface area contributed by atoms with Crippen LogP contribution in [-0.2, 0) is 9.53 Å². The lowest BCUT2D eigenvalue weighted by atomic mass is 9.96. The zero-order valence-electron chi connectivity index (χ0n) is 10.1. The van der Waals surface area contributed by atoms with Crippen molar-refractivity contribution in [3.8, 4) is 17.6 Å². The van der Waals surface area contributed by atoms with E-state index in [0.29, 0.717) is 6.61 Å². The first-order valence-corrected chi connectivity index (χ1v) is 5.54. The third kappa shape index (κ3) is 4.20. The van der Waals surface area contributed by atoms with Crippen LogP contribution in [0.25, 0.3) is 0 Å². The van der Waals surface area contributed by atoms with E-state index in [-0.39, 0.29) is 24.1 Å². The summed E-state index contributed by atoms with van der Waals surface area (Å²) in [6.07, 6.45) is 0.236. The fraction of sp³-hybridized carbons (Fsp3) is 0.357. The third-order valence-corrected chi connectivity index (χ3v) is 2.29. The Balaban J connectivity index is 2.81. The van der Waals surface area contributed by atoms with Crippen LogP contribution in [0.2, 0.25) is 0 Å². The fourth-order valence-corrected chi connectivity index (χ4v) is 1.52. The lowest BCUT2D eigenvalue weighted by Crippen LogP contribution is -2.09. The Hall–Kier alpha value is -1.95. The molecule has 0 aliphatic rings. The maximum Gasteiger partial charge on any atom is 0.307 e. The molecule has 3 heteroatoms. The summed E-state index contributed by atoms with van der Waals surface area (Å²) in [7, 11) is 0. The van der Waals surface area contributed by atoms with Crippen molar-refractivity contribution in [2.24, 2.45) is 0 Å². The maximum atomic E-state index is 11.4. The molecule has 0 saturated heterocycles. The predicted molar refractivity (Wildman–Crippen MR) is 65.5 cm³/mol. The number of carbonyl (C=O) groups excluding carboxylic acids is 1. The van der Waals surface area contributed by atoms with Gasteiger partial charge in [-0.3, -0.25) is 4.79 Å². The van der Waals surface area contributed by atoms with E-state index in [1.807, 2.05) is 0 Å². The van der Waals surface area contributed by atoms with Crippen molar-refractivity contribution in [2.75, 3.05) is 6.61 Å². The number of carbonyl (C=O) groups is 1. The SMILES string of the molecule is CC#C[C@H](CC(=O)OCC)c1ccc(O)cc1. The molecule has 1 atom stereocenters. The van der Waals surface area contributed by atoms with Gasteiger partial charge in [0.15, 0.2) is 0 Å². The van der Waals surface area contributed by atoms with Gasteiger partial charge in [0.05, 0.1) is 18.9 Å². The first-order chi connectivity index (χ1) is 8.17. The molecular weight excluding hydrogens is 216 g/mol. The monoisotopic (exact) mass is 232 g/mol. The zero-order chi connectivity index (χ0) is 12.7. The molecule has 0 saturated carbocycles. The summed E-state index contributed by atoms with van der Waals surface area (Å²) in [5, 5.41) is 9.21. The minimum Gasteiger partial charge on any atom is -0.508 e. The van der Waals surface area contributed by atoms with Gasteiger partial charge >= 0.3 is 5.97 Å². The van der Waals surface area contributed by atoms with Crippen molar-refractivity contribution >= 4 is 5.97 Å². The van der Waals surface area contributed by atoms with Crippen molar-refractivity contribution in [1.29, 1.82) is 0 Å². The number of phenolic OH excluding ortho intramolecular Hbond substituents is 1. The van der Waals surface area contributed by atoms with Crippen LogP contribution in [0.1, 0.15) is 31.7 Å². The van der Waals surface area contributed by atoms with Crippen LogP contribution in [0.3, 0.4) is 0 Å². The molecule has 0 aliphatic carbocycles. The second-order valence-corrected chi connectivity index (χ2v) is 3.55. The fourth-order valence-electron chi connectivity index (χ4n) is 1.52. The lowest BCUT2D eigenvalue weighted by molar-refractivity contribution is -0.143. The summed E-state index contributed by atoms with van der Waals surface area (Å²) in [6, 6.07) is 6.71. The molecule has 0 aliphatic heterocycles. The molecule has 0 fully saturated rings. The van der Waals surface area contributed by atoms with Gasteiger partial charge in [0, 0.05) is 0 Å². The summed E-state index contributed by atoms with van der Waals surface area (Å²) >= 11 is 0. The van der Waals surface area contributed by atoms with Crippen LogP contribution in [0.5, 0.6) is 5.75 Å².